The highest BCUT2D eigenvalue weighted by Gasteiger charge is 2.16. The molecule has 0 aliphatic carbocycles. The molecule has 1 aromatic heterocycles. The highest BCUT2D eigenvalue weighted by molar-refractivity contribution is 7.13. The topological polar surface area (TPSA) is 44.2 Å². The van der Waals surface area contributed by atoms with Crippen molar-refractivity contribution in [2.24, 2.45) is 0 Å². The van der Waals surface area contributed by atoms with E-state index in [4.69, 9.17) is 21.1 Å². The van der Waals surface area contributed by atoms with E-state index in [1.807, 2.05) is 0 Å². The summed E-state index contributed by atoms with van der Waals surface area (Å²) in [6.45, 7) is 1.41. The number of halogens is 1. The summed E-state index contributed by atoms with van der Waals surface area (Å²) in [5.41, 5.74) is 0. The lowest BCUT2D eigenvalue weighted by molar-refractivity contribution is 0.0676. The molecule has 2 heterocycles. The summed E-state index contributed by atoms with van der Waals surface area (Å²) in [5.74, 6) is 0.390. The molecule has 2 rings (SSSR count). The van der Waals surface area contributed by atoms with Gasteiger partial charge in [-0.25, -0.2) is 0 Å². The van der Waals surface area contributed by atoms with E-state index in [-0.39, 0.29) is 6.10 Å². The summed E-state index contributed by atoms with van der Waals surface area (Å²) in [6.07, 6.45) is 2.41. The molecule has 1 fully saturated rings. The number of hydrogen-bond donors (Lipinski definition) is 0. The molecule has 0 saturated carbocycles. The van der Waals surface area contributed by atoms with Crippen LogP contribution in [-0.2, 0) is 10.6 Å². The van der Waals surface area contributed by atoms with Gasteiger partial charge < -0.3 is 9.47 Å². The Bertz CT molecular complexity index is 289. The molecule has 1 saturated heterocycles. The van der Waals surface area contributed by atoms with Crippen molar-refractivity contribution in [2.75, 3.05) is 13.2 Å². The summed E-state index contributed by atoms with van der Waals surface area (Å²) in [6, 6.07) is 0. The van der Waals surface area contributed by atoms with Crippen LogP contribution in [0.5, 0.6) is 5.19 Å². The second-order valence-electron chi connectivity index (χ2n) is 3.04. The zero-order valence-electron chi connectivity index (χ0n) is 7.61. The minimum absolute atomic E-state index is 0.221. The quantitative estimate of drug-likeness (QED) is 0.746. The van der Waals surface area contributed by atoms with Gasteiger partial charge in [0.25, 0.3) is 5.19 Å². The van der Waals surface area contributed by atoms with Crippen LogP contribution in [0.2, 0.25) is 0 Å². The van der Waals surface area contributed by atoms with Crippen LogP contribution < -0.4 is 4.74 Å². The van der Waals surface area contributed by atoms with Crippen molar-refractivity contribution in [1.29, 1.82) is 0 Å². The van der Waals surface area contributed by atoms with Crippen LogP contribution in [0, 0.1) is 0 Å². The molecule has 0 aromatic carbocycles. The fourth-order valence-corrected chi connectivity index (χ4v) is 2.05. The van der Waals surface area contributed by atoms with Crippen LogP contribution in [0.3, 0.4) is 0 Å². The molecule has 6 heteroatoms. The Kier molecular flexibility index (Phi) is 3.55. The Balaban J connectivity index is 1.79. The van der Waals surface area contributed by atoms with Gasteiger partial charge in [-0.1, -0.05) is 11.3 Å². The van der Waals surface area contributed by atoms with Crippen LogP contribution >= 0.6 is 22.9 Å². The van der Waals surface area contributed by atoms with Crippen LogP contribution in [-0.4, -0.2) is 29.5 Å². The lowest BCUT2D eigenvalue weighted by Crippen LogP contribution is -2.16. The monoisotopic (exact) mass is 234 g/mol. The first-order chi connectivity index (χ1) is 6.88. The van der Waals surface area contributed by atoms with E-state index in [1.54, 1.807) is 0 Å². The van der Waals surface area contributed by atoms with E-state index in [1.165, 1.54) is 11.3 Å². The molecule has 1 aliphatic heterocycles. The number of rotatable bonds is 4. The van der Waals surface area contributed by atoms with Crippen molar-refractivity contribution in [2.45, 2.75) is 24.8 Å². The van der Waals surface area contributed by atoms with Crippen molar-refractivity contribution in [1.82, 2.24) is 10.2 Å². The molecule has 1 aliphatic rings. The van der Waals surface area contributed by atoms with Crippen molar-refractivity contribution in [3.8, 4) is 5.19 Å². The highest BCUT2D eigenvalue weighted by atomic mass is 35.5. The van der Waals surface area contributed by atoms with E-state index < -0.39 is 0 Å². The second kappa shape index (κ2) is 4.91. The van der Waals surface area contributed by atoms with Crippen molar-refractivity contribution in [3.05, 3.63) is 5.01 Å². The van der Waals surface area contributed by atoms with Crippen LogP contribution in [0.1, 0.15) is 17.8 Å². The fourth-order valence-electron chi connectivity index (χ4n) is 1.29. The molecule has 0 N–H and O–H groups in total. The van der Waals surface area contributed by atoms with Crippen molar-refractivity contribution in [3.63, 3.8) is 0 Å². The fraction of sp³-hybridized carbons (Fsp3) is 0.750. The predicted molar refractivity (Wildman–Crippen MR) is 53.9 cm³/mol. The number of nitrogens with zero attached hydrogens (tertiary/aromatic N) is 2. The van der Waals surface area contributed by atoms with Gasteiger partial charge >= 0.3 is 0 Å². The molecule has 0 amide bonds. The summed E-state index contributed by atoms with van der Waals surface area (Å²) in [7, 11) is 0. The lowest BCUT2D eigenvalue weighted by Gasteiger charge is -2.07. The highest BCUT2D eigenvalue weighted by Crippen LogP contribution is 2.20. The van der Waals surface area contributed by atoms with Gasteiger partial charge in [0.2, 0.25) is 0 Å². The lowest BCUT2D eigenvalue weighted by atomic mass is 10.2. The molecule has 1 atom stereocenters. The Hall–Kier alpha value is -0.390. The third kappa shape index (κ3) is 2.56. The molecule has 1 aromatic rings. The summed E-state index contributed by atoms with van der Waals surface area (Å²) < 4.78 is 10.8. The third-order valence-corrected chi connectivity index (χ3v) is 3.23. The summed E-state index contributed by atoms with van der Waals surface area (Å²) in [5, 5.41) is 9.07. The smallest absolute Gasteiger partial charge is 0.294 e. The molecule has 0 bridgehead atoms. The first kappa shape index (κ1) is 10.1. The van der Waals surface area contributed by atoms with E-state index >= 15 is 0 Å². The van der Waals surface area contributed by atoms with Crippen LogP contribution in [0.4, 0.5) is 0 Å². The average molecular weight is 235 g/mol. The third-order valence-electron chi connectivity index (χ3n) is 1.98. The molecule has 4 nitrogen and oxygen atoms in total. The Labute approximate surface area is 91.2 Å². The number of hydrogen-bond acceptors (Lipinski definition) is 5. The van der Waals surface area contributed by atoms with Gasteiger partial charge in [-0.05, 0) is 12.8 Å². The van der Waals surface area contributed by atoms with E-state index in [2.05, 4.69) is 10.2 Å². The van der Waals surface area contributed by atoms with Crippen LogP contribution in [0.25, 0.3) is 0 Å². The second-order valence-corrected chi connectivity index (χ2v) is 4.33. The number of alkyl halides is 1. The Morgan fingerprint density at radius 3 is 3.14 bits per heavy atom. The maximum absolute atomic E-state index is 5.60. The molecule has 14 heavy (non-hydrogen) atoms. The number of ether oxygens (including phenoxy) is 2. The summed E-state index contributed by atoms with van der Waals surface area (Å²) in [4.78, 5) is 0. The first-order valence-electron chi connectivity index (χ1n) is 4.51. The van der Waals surface area contributed by atoms with Gasteiger partial charge in [0.15, 0.2) is 0 Å². The van der Waals surface area contributed by atoms with Gasteiger partial charge in [-0.15, -0.1) is 21.8 Å². The zero-order chi connectivity index (χ0) is 9.80. The Morgan fingerprint density at radius 2 is 2.50 bits per heavy atom. The van der Waals surface area contributed by atoms with Gasteiger partial charge in [-0.3, -0.25) is 0 Å². The number of aromatic nitrogens is 2. The Morgan fingerprint density at radius 1 is 1.57 bits per heavy atom. The van der Waals surface area contributed by atoms with Gasteiger partial charge in [0.1, 0.15) is 11.6 Å². The van der Waals surface area contributed by atoms with Gasteiger partial charge in [0.05, 0.1) is 12.0 Å². The maximum Gasteiger partial charge on any atom is 0.294 e. The standard InChI is InChI=1S/C8H11ClN2O2S/c9-4-7-10-11-8(14-7)13-5-6-2-1-3-12-6/h6H,1-5H2. The minimum Gasteiger partial charge on any atom is -0.466 e. The largest absolute Gasteiger partial charge is 0.466 e. The van der Waals surface area contributed by atoms with Gasteiger partial charge in [-0.2, -0.15) is 0 Å². The summed E-state index contributed by atoms with van der Waals surface area (Å²) >= 11 is 6.98. The molecular formula is C8H11ClN2O2S. The zero-order valence-corrected chi connectivity index (χ0v) is 9.18. The minimum atomic E-state index is 0.221. The van der Waals surface area contributed by atoms with E-state index in [9.17, 15) is 0 Å². The molecule has 0 spiro atoms. The molecular weight excluding hydrogens is 224 g/mol. The van der Waals surface area contributed by atoms with E-state index in [0.29, 0.717) is 17.7 Å². The maximum atomic E-state index is 5.60. The molecule has 1 unspecified atom stereocenters. The van der Waals surface area contributed by atoms with Gasteiger partial charge in [0, 0.05) is 6.61 Å². The van der Waals surface area contributed by atoms with Crippen molar-refractivity contribution >= 4 is 22.9 Å². The average Bonchev–Trinajstić information content (AvgIpc) is 2.86. The SMILES string of the molecule is ClCc1nnc(OCC2CCCO2)s1. The first-order valence-corrected chi connectivity index (χ1v) is 5.86. The molecule has 78 valence electrons. The predicted octanol–water partition coefficient (Wildman–Crippen LogP) is 1.83. The van der Waals surface area contributed by atoms with Crippen LogP contribution in [0.15, 0.2) is 0 Å². The molecule has 0 radical (unpaired) electrons. The normalized spacial score (nSPS) is 21.4. The van der Waals surface area contributed by atoms with Crippen molar-refractivity contribution < 1.29 is 9.47 Å². The van der Waals surface area contributed by atoms with E-state index in [0.717, 1.165) is 24.5 Å².